The molecule has 3 heteroatoms. The van der Waals surface area contributed by atoms with Gasteiger partial charge in [-0.1, -0.05) is 13.3 Å². The van der Waals surface area contributed by atoms with Gasteiger partial charge in [0.25, 0.3) is 0 Å². The average Bonchev–Trinajstić information content (AvgIpc) is 2.16. The summed E-state index contributed by atoms with van der Waals surface area (Å²) in [5.74, 6) is 1.37. The van der Waals surface area contributed by atoms with Crippen molar-refractivity contribution in [2.75, 3.05) is 7.11 Å². The summed E-state index contributed by atoms with van der Waals surface area (Å²) in [7, 11) is 1.75. The number of aliphatic imine (C=N–C) groups is 1. The third-order valence-corrected chi connectivity index (χ3v) is 3.21. The van der Waals surface area contributed by atoms with Crippen molar-refractivity contribution in [3.8, 4) is 0 Å². The Morgan fingerprint density at radius 3 is 2.67 bits per heavy atom. The molecule has 0 spiro atoms. The molecule has 0 bridgehead atoms. The van der Waals surface area contributed by atoms with Crippen LogP contribution in [0.1, 0.15) is 46.5 Å². The standard InChI is InChI=1S/C12H24N2O/c1-9(2)14-11(13)12(15-4)7-5-6-10(3)8-12/h9-10H,5-8H2,1-4H3,(H2,13,14). The maximum absolute atomic E-state index is 6.08. The van der Waals surface area contributed by atoms with Crippen LogP contribution in [-0.2, 0) is 4.74 Å². The molecule has 0 aliphatic heterocycles. The molecule has 1 rings (SSSR count). The van der Waals surface area contributed by atoms with Crippen molar-refractivity contribution in [1.82, 2.24) is 0 Å². The van der Waals surface area contributed by atoms with Crippen molar-refractivity contribution in [1.29, 1.82) is 0 Å². The van der Waals surface area contributed by atoms with E-state index < -0.39 is 0 Å². The molecule has 1 fully saturated rings. The molecule has 2 atom stereocenters. The third-order valence-electron chi connectivity index (χ3n) is 3.21. The first-order chi connectivity index (χ1) is 7.00. The van der Waals surface area contributed by atoms with E-state index in [9.17, 15) is 0 Å². The molecule has 0 amide bonds. The van der Waals surface area contributed by atoms with E-state index >= 15 is 0 Å². The average molecular weight is 212 g/mol. The van der Waals surface area contributed by atoms with Gasteiger partial charge in [0.05, 0.1) is 0 Å². The first-order valence-electron chi connectivity index (χ1n) is 5.89. The van der Waals surface area contributed by atoms with Crippen LogP contribution in [0.15, 0.2) is 4.99 Å². The number of methoxy groups -OCH3 is 1. The smallest absolute Gasteiger partial charge is 0.127 e. The lowest BCUT2D eigenvalue weighted by Gasteiger charge is -2.38. The highest BCUT2D eigenvalue weighted by molar-refractivity contribution is 5.89. The minimum atomic E-state index is -0.290. The van der Waals surface area contributed by atoms with E-state index in [1.165, 1.54) is 12.8 Å². The number of nitrogens with two attached hydrogens (primary N) is 1. The minimum Gasteiger partial charge on any atom is -0.385 e. The minimum absolute atomic E-state index is 0.245. The molecular formula is C12H24N2O. The van der Waals surface area contributed by atoms with Gasteiger partial charge in [0.2, 0.25) is 0 Å². The summed E-state index contributed by atoms with van der Waals surface area (Å²) in [6.07, 6.45) is 4.48. The SMILES string of the molecule is COC1(C(N)=NC(C)C)CCCC(C)C1. The zero-order valence-electron chi connectivity index (χ0n) is 10.4. The zero-order valence-corrected chi connectivity index (χ0v) is 10.4. The van der Waals surface area contributed by atoms with E-state index in [2.05, 4.69) is 11.9 Å². The van der Waals surface area contributed by atoms with Crippen LogP contribution in [0.3, 0.4) is 0 Å². The number of nitrogens with zero attached hydrogens (tertiary/aromatic N) is 1. The topological polar surface area (TPSA) is 47.6 Å². The second kappa shape index (κ2) is 4.97. The highest BCUT2D eigenvalue weighted by Gasteiger charge is 2.38. The van der Waals surface area contributed by atoms with Crippen molar-refractivity contribution in [3.63, 3.8) is 0 Å². The lowest BCUT2D eigenvalue weighted by atomic mass is 9.78. The molecule has 2 unspecified atom stereocenters. The molecule has 88 valence electrons. The summed E-state index contributed by atoms with van der Waals surface area (Å²) in [5, 5.41) is 0. The Hall–Kier alpha value is -0.570. The number of hydrogen-bond donors (Lipinski definition) is 1. The molecule has 3 nitrogen and oxygen atoms in total. The van der Waals surface area contributed by atoms with E-state index in [0.717, 1.165) is 12.8 Å². The van der Waals surface area contributed by atoms with E-state index in [0.29, 0.717) is 11.8 Å². The second-order valence-electron chi connectivity index (χ2n) is 5.01. The van der Waals surface area contributed by atoms with Gasteiger partial charge in [0.15, 0.2) is 0 Å². The maximum Gasteiger partial charge on any atom is 0.127 e. The molecule has 0 heterocycles. The fraction of sp³-hybridized carbons (Fsp3) is 0.917. The fourth-order valence-electron chi connectivity index (χ4n) is 2.42. The Balaban J connectivity index is 2.83. The zero-order chi connectivity index (χ0) is 11.5. The van der Waals surface area contributed by atoms with Crippen molar-refractivity contribution in [2.45, 2.75) is 58.1 Å². The third kappa shape index (κ3) is 2.94. The summed E-state index contributed by atoms with van der Waals surface area (Å²) in [6, 6.07) is 0.245. The molecule has 1 aliphatic carbocycles. The number of amidine groups is 1. The molecule has 0 saturated heterocycles. The van der Waals surface area contributed by atoms with E-state index in [-0.39, 0.29) is 11.6 Å². The molecule has 1 aliphatic rings. The van der Waals surface area contributed by atoms with Crippen LogP contribution in [0.4, 0.5) is 0 Å². The van der Waals surface area contributed by atoms with Gasteiger partial charge in [-0.15, -0.1) is 0 Å². The number of hydrogen-bond acceptors (Lipinski definition) is 2. The van der Waals surface area contributed by atoms with Crippen LogP contribution in [-0.4, -0.2) is 24.6 Å². The van der Waals surface area contributed by atoms with Crippen LogP contribution in [0, 0.1) is 5.92 Å². The van der Waals surface area contributed by atoms with Gasteiger partial charge in [-0.2, -0.15) is 0 Å². The molecule has 0 aromatic heterocycles. The highest BCUT2D eigenvalue weighted by Crippen LogP contribution is 2.35. The van der Waals surface area contributed by atoms with Gasteiger partial charge in [0, 0.05) is 13.2 Å². The molecule has 2 N–H and O–H groups in total. The summed E-state index contributed by atoms with van der Waals surface area (Å²) < 4.78 is 5.66. The van der Waals surface area contributed by atoms with Crippen molar-refractivity contribution in [2.24, 2.45) is 16.6 Å². The van der Waals surface area contributed by atoms with Crippen LogP contribution in [0.5, 0.6) is 0 Å². The van der Waals surface area contributed by atoms with Crippen LogP contribution in [0.25, 0.3) is 0 Å². The Labute approximate surface area is 93.1 Å². The van der Waals surface area contributed by atoms with E-state index in [1.54, 1.807) is 7.11 Å². The molecule has 0 aromatic rings. The molecule has 15 heavy (non-hydrogen) atoms. The van der Waals surface area contributed by atoms with Gasteiger partial charge in [-0.3, -0.25) is 4.99 Å². The monoisotopic (exact) mass is 212 g/mol. The largest absolute Gasteiger partial charge is 0.385 e. The predicted octanol–water partition coefficient (Wildman–Crippen LogP) is 2.35. The normalized spacial score (nSPS) is 33.4. The Morgan fingerprint density at radius 2 is 2.20 bits per heavy atom. The lowest BCUT2D eigenvalue weighted by molar-refractivity contribution is 0.00277. The number of rotatable bonds is 3. The van der Waals surface area contributed by atoms with Crippen LogP contribution in [0.2, 0.25) is 0 Å². The van der Waals surface area contributed by atoms with Crippen LogP contribution < -0.4 is 5.73 Å². The van der Waals surface area contributed by atoms with Gasteiger partial charge in [-0.05, 0) is 39.0 Å². The quantitative estimate of drug-likeness (QED) is 0.576. The second-order valence-corrected chi connectivity index (χ2v) is 5.01. The van der Waals surface area contributed by atoms with Gasteiger partial charge in [-0.25, -0.2) is 0 Å². The summed E-state index contributed by atoms with van der Waals surface area (Å²) >= 11 is 0. The van der Waals surface area contributed by atoms with Crippen molar-refractivity contribution >= 4 is 5.84 Å². The van der Waals surface area contributed by atoms with E-state index in [4.69, 9.17) is 10.5 Å². The summed E-state index contributed by atoms with van der Waals surface area (Å²) in [4.78, 5) is 4.45. The van der Waals surface area contributed by atoms with Crippen LogP contribution >= 0.6 is 0 Å². The Morgan fingerprint density at radius 1 is 1.53 bits per heavy atom. The van der Waals surface area contributed by atoms with Gasteiger partial charge in [0.1, 0.15) is 11.4 Å². The van der Waals surface area contributed by atoms with E-state index in [1.807, 2.05) is 13.8 Å². The highest BCUT2D eigenvalue weighted by atomic mass is 16.5. The van der Waals surface area contributed by atoms with Gasteiger partial charge >= 0.3 is 0 Å². The fourth-order valence-corrected chi connectivity index (χ4v) is 2.42. The summed E-state index contributed by atoms with van der Waals surface area (Å²) in [6.45, 7) is 6.35. The van der Waals surface area contributed by atoms with Crippen molar-refractivity contribution in [3.05, 3.63) is 0 Å². The van der Waals surface area contributed by atoms with Crippen molar-refractivity contribution < 1.29 is 4.74 Å². The Bertz CT molecular complexity index is 238. The molecule has 0 aromatic carbocycles. The summed E-state index contributed by atoms with van der Waals surface area (Å²) in [5.41, 5.74) is 5.79. The molecule has 1 saturated carbocycles. The maximum atomic E-state index is 6.08. The Kier molecular flexibility index (Phi) is 4.14. The first kappa shape index (κ1) is 12.5. The first-order valence-corrected chi connectivity index (χ1v) is 5.89. The van der Waals surface area contributed by atoms with Gasteiger partial charge < -0.3 is 10.5 Å². The molecule has 0 radical (unpaired) electrons. The number of ether oxygens (including phenoxy) is 1. The molecular weight excluding hydrogens is 188 g/mol. The predicted molar refractivity (Wildman–Crippen MR) is 64.1 cm³/mol. The lowest BCUT2D eigenvalue weighted by Crippen LogP contribution is -2.49.